The number of hydrogen-bond acceptors (Lipinski definition) is 3. The highest BCUT2D eigenvalue weighted by Gasteiger charge is 2.37. The van der Waals surface area contributed by atoms with Crippen LogP contribution in [0.5, 0.6) is 0 Å². The molecular weight excluding hydrogens is 651 g/mol. The summed E-state index contributed by atoms with van der Waals surface area (Å²) in [6, 6.07) is 59.9. The highest BCUT2D eigenvalue weighted by Crippen LogP contribution is 2.54. The lowest BCUT2D eigenvalue weighted by molar-refractivity contribution is 0.660. The van der Waals surface area contributed by atoms with Gasteiger partial charge in [-0.15, -0.1) is 11.3 Å². The molecule has 0 atom stereocenters. The van der Waals surface area contributed by atoms with Crippen LogP contribution in [0.1, 0.15) is 25.0 Å². The quantitative estimate of drug-likeness (QED) is 0.184. The Labute approximate surface area is 305 Å². The Kier molecular flexibility index (Phi) is 6.21. The zero-order chi connectivity index (χ0) is 34.6. The van der Waals surface area contributed by atoms with Crippen molar-refractivity contribution in [1.29, 1.82) is 0 Å². The van der Waals surface area contributed by atoms with E-state index in [4.69, 9.17) is 4.42 Å². The van der Waals surface area contributed by atoms with Crippen molar-refractivity contribution in [2.75, 3.05) is 4.90 Å². The molecule has 8 aromatic carbocycles. The predicted molar refractivity (Wildman–Crippen MR) is 222 cm³/mol. The summed E-state index contributed by atoms with van der Waals surface area (Å²) < 4.78 is 8.94. The molecule has 52 heavy (non-hydrogen) atoms. The second-order valence-corrected chi connectivity index (χ2v) is 15.6. The fourth-order valence-electron chi connectivity index (χ4n) is 8.69. The fourth-order valence-corrected chi connectivity index (χ4v) is 9.97. The molecule has 2 aromatic heterocycles. The van der Waals surface area contributed by atoms with E-state index in [2.05, 4.69) is 170 Å². The van der Waals surface area contributed by atoms with E-state index in [0.717, 1.165) is 33.3 Å². The smallest absolute Gasteiger partial charge is 0.135 e. The van der Waals surface area contributed by atoms with E-state index >= 15 is 0 Å². The summed E-state index contributed by atoms with van der Waals surface area (Å²) in [7, 11) is 0. The maximum Gasteiger partial charge on any atom is 0.135 e. The van der Waals surface area contributed by atoms with Crippen LogP contribution in [-0.2, 0) is 5.41 Å². The second kappa shape index (κ2) is 10.9. The second-order valence-electron chi connectivity index (χ2n) is 14.5. The molecule has 0 saturated carbocycles. The van der Waals surface area contributed by atoms with E-state index in [9.17, 15) is 0 Å². The van der Waals surface area contributed by atoms with Gasteiger partial charge in [0.15, 0.2) is 0 Å². The van der Waals surface area contributed by atoms with Crippen LogP contribution in [0.25, 0.3) is 75.1 Å². The van der Waals surface area contributed by atoms with Crippen LogP contribution in [0.2, 0.25) is 0 Å². The standard InChI is InChI=1S/C49H33NOS/c1-49(2)41-14-7-5-13-39(41)47-42(49)15-9-16-43(47)50(34-24-27-45-40(29-34)36-12-6-8-17-44(36)51-45)33-22-18-30(19-23-33)32-21-25-37-38-26-20-31-10-3-4-11-35(31)48(38)52-46(37)28-32/h3-29H,1-2H3. The van der Waals surface area contributed by atoms with Crippen molar-refractivity contribution < 1.29 is 4.42 Å². The first-order chi connectivity index (χ1) is 25.5. The molecule has 11 rings (SSSR count). The molecule has 0 spiro atoms. The third-order valence-electron chi connectivity index (χ3n) is 11.3. The van der Waals surface area contributed by atoms with E-state index < -0.39 is 0 Å². The van der Waals surface area contributed by atoms with Crippen molar-refractivity contribution in [3.63, 3.8) is 0 Å². The maximum absolute atomic E-state index is 6.26. The fraction of sp³-hybridized carbons (Fsp3) is 0.0612. The molecule has 0 N–H and O–H groups in total. The summed E-state index contributed by atoms with van der Waals surface area (Å²) in [6.45, 7) is 4.69. The van der Waals surface area contributed by atoms with Crippen LogP contribution in [0.3, 0.4) is 0 Å². The lowest BCUT2D eigenvalue weighted by Crippen LogP contribution is -2.16. The lowest BCUT2D eigenvalue weighted by atomic mass is 9.82. The largest absolute Gasteiger partial charge is 0.456 e. The van der Waals surface area contributed by atoms with E-state index in [-0.39, 0.29) is 5.41 Å². The number of fused-ring (bicyclic) bond motifs is 11. The number of hydrogen-bond donors (Lipinski definition) is 0. The van der Waals surface area contributed by atoms with Gasteiger partial charge in [0.1, 0.15) is 11.2 Å². The Hall–Kier alpha value is -6.16. The molecule has 2 nitrogen and oxygen atoms in total. The van der Waals surface area contributed by atoms with Gasteiger partial charge in [-0.1, -0.05) is 129 Å². The minimum absolute atomic E-state index is 0.0975. The summed E-state index contributed by atoms with van der Waals surface area (Å²) in [5.74, 6) is 0. The Morgan fingerprint density at radius 2 is 1.21 bits per heavy atom. The molecule has 0 radical (unpaired) electrons. The van der Waals surface area contributed by atoms with Crippen molar-refractivity contribution in [3.05, 3.63) is 175 Å². The number of rotatable bonds is 4. The molecule has 0 saturated heterocycles. The normalized spacial score (nSPS) is 13.3. The van der Waals surface area contributed by atoms with E-state index in [1.165, 1.54) is 70.0 Å². The molecule has 0 amide bonds. The van der Waals surface area contributed by atoms with Gasteiger partial charge in [0.25, 0.3) is 0 Å². The number of thiophene rings is 1. The van der Waals surface area contributed by atoms with Crippen molar-refractivity contribution in [1.82, 2.24) is 0 Å². The van der Waals surface area contributed by atoms with Crippen LogP contribution in [-0.4, -0.2) is 0 Å². The van der Waals surface area contributed by atoms with Gasteiger partial charge in [0.2, 0.25) is 0 Å². The van der Waals surface area contributed by atoms with Gasteiger partial charge in [-0.3, -0.25) is 0 Å². The first-order valence-corrected chi connectivity index (χ1v) is 18.7. The first kappa shape index (κ1) is 29.6. The Bertz CT molecular complexity index is 3050. The number of anilines is 3. The molecule has 0 fully saturated rings. The zero-order valence-corrected chi connectivity index (χ0v) is 29.7. The lowest BCUT2D eigenvalue weighted by Gasteiger charge is -2.29. The number of para-hydroxylation sites is 1. The first-order valence-electron chi connectivity index (χ1n) is 17.9. The minimum Gasteiger partial charge on any atom is -0.456 e. The number of nitrogens with zero attached hydrogens (tertiary/aromatic N) is 1. The van der Waals surface area contributed by atoms with E-state index in [1.54, 1.807) is 0 Å². The Balaban J connectivity index is 1.08. The third kappa shape index (κ3) is 4.23. The van der Waals surface area contributed by atoms with Crippen LogP contribution >= 0.6 is 11.3 Å². The average molecular weight is 684 g/mol. The summed E-state index contributed by atoms with van der Waals surface area (Å²) in [5.41, 5.74) is 12.8. The molecule has 2 heterocycles. The maximum atomic E-state index is 6.26. The van der Waals surface area contributed by atoms with Gasteiger partial charge in [-0.25, -0.2) is 0 Å². The van der Waals surface area contributed by atoms with Gasteiger partial charge in [0.05, 0.1) is 5.69 Å². The van der Waals surface area contributed by atoms with E-state index in [1.807, 2.05) is 23.5 Å². The summed E-state index contributed by atoms with van der Waals surface area (Å²) in [4.78, 5) is 2.43. The monoisotopic (exact) mass is 683 g/mol. The Morgan fingerprint density at radius 1 is 0.500 bits per heavy atom. The van der Waals surface area contributed by atoms with Crippen molar-refractivity contribution in [2.45, 2.75) is 19.3 Å². The van der Waals surface area contributed by atoms with Gasteiger partial charge in [-0.05, 0) is 87.1 Å². The average Bonchev–Trinajstić information content (AvgIpc) is 3.83. The molecule has 3 heteroatoms. The molecule has 1 aliphatic rings. The predicted octanol–water partition coefficient (Wildman–Crippen LogP) is 14.6. The van der Waals surface area contributed by atoms with Gasteiger partial charge in [0, 0.05) is 53.3 Å². The zero-order valence-electron chi connectivity index (χ0n) is 28.9. The minimum atomic E-state index is -0.0975. The highest BCUT2D eigenvalue weighted by atomic mass is 32.1. The van der Waals surface area contributed by atoms with Gasteiger partial charge in [-0.2, -0.15) is 0 Å². The molecule has 0 unspecified atom stereocenters. The van der Waals surface area contributed by atoms with E-state index in [0.29, 0.717) is 0 Å². The summed E-state index contributed by atoms with van der Waals surface area (Å²) in [6.07, 6.45) is 0. The Morgan fingerprint density at radius 3 is 2.12 bits per heavy atom. The molecule has 1 aliphatic carbocycles. The molecule has 0 aliphatic heterocycles. The van der Waals surface area contributed by atoms with Crippen LogP contribution in [0, 0.1) is 0 Å². The number of benzene rings is 8. The topological polar surface area (TPSA) is 16.4 Å². The summed E-state index contributed by atoms with van der Waals surface area (Å²) in [5, 5.41) is 7.51. The van der Waals surface area contributed by atoms with Crippen LogP contribution < -0.4 is 4.90 Å². The SMILES string of the molecule is CC1(C)c2ccccc2-c2c(N(c3ccc(-c4ccc5c(c4)sc4c6ccccc6ccc54)cc3)c3ccc4oc5ccccc5c4c3)cccc21. The number of furan rings is 1. The third-order valence-corrected chi connectivity index (χ3v) is 12.5. The molecule has 246 valence electrons. The van der Waals surface area contributed by atoms with Crippen molar-refractivity contribution in [3.8, 4) is 22.3 Å². The van der Waals surface area contributed by atoms with Crippen molar-refractivity contribution >= 4 is 81.3 Å². The molecular formula is C49H33NOS. The highest BCUT2D eigenvalue weighted by molar-refractivity contribution is 7.26. The van der Waals surface area contributed by atoms with Gasteiger partial charge < -0.3 is 9.32 Å². The summed E-state index contributed by atoms with van der Waals surface area (Å²) >= 11 is 1.89. The van der Waals surface area contributed by atoms with Crippen molar-refractivity contribution in [2.24, 2.45) is 0 Å². The molecule has 0 bridgehead atoms. The van der Waals surface area contributed by atoms with Crippen LogP contribution in [0.4, 0.5) is 17.1 Å². The van der Waals surface area contributed by atoms with Crippen LogP contribution in [0.15, 0.2) is 168 Å². The van der Waals surface area contributed by atoms with Gasteiger partial charge >= 0.3 is 0 Å². The molecule has 10 aromatic rings.